The van der Waals surface area contributed by atoms with Gasteiger partial charge in [-0.25, -0.2) is 0 Å². The van der Waals surface area contributed by atoms with Gasteiger partial charge >= 0.3 is 0 Å². The molecule has 2 amide bonds. The molecule has 1 aliphatic heterocycles. The van der Waals surface area contributed by atoms with Crippen molar-refractivity contribution in [1.82, 2.24) is 0 Å². The maximum atomic E-state index is 12.3. The van der Waals surface area contributed by atoms with Crippen LogP contribution in [0.15, 0.2) is 66.7 Å². The summed E-state index contributed by atoms with van der Waals surface area (Å²) >= 11 is 0. The molecule has 1 unspecified atom stereocenters. The third kappa shape index (κ3) is 3.17. The first-order chi connectivity index (χ1) is 12.2. The first kappa shape index (κ1) is 15.2. The van der Waals surface area contributed by atoms with E-state index in [2.05, 4.69) is 16.0 Å². The van der Waals surface area contributed by atoms with Gasteiger partial charge in [0.05, 0.1) is 17.8 Å². The van der Waals surface area contributed by atoms with E-state index in [-0.39, 0.29) is 18.2 Å². The highest BCUT2D eigenvalue weighted by Crippen LogP contribution is 2.27. The summed E-state index contributed by atoms with van der Waals surface area (Å²) in [6, 6.07) is 20.6. The van der Waals surface area contributed by atoms with Gasteiger partial charge in [-0.1, -0.05) is 42.5 Å². The number of carbonyl (C=O) groups excluding carboxylic acids is 2. The van der Waals surface area contributed by atoms with Crippen LogP contribution in [-0.4, -0.2) is 17.9 Å². The maximum absolute atomic E-state index is 12.3. The van der Waals surface area contributed by atoms with Crippen LogP contribution in [0.3, 0.4) is 0 Å². The van der Waals surface area contributed by atoms with Crippen molar-refractivity contribution in [3.63, 3.8) is 0 Å². The summed E-state index contributed by atoms with van der Waals surface area (Å²) in [7, 11) is 0. The Hall–Kier alpha value is -3.34. The van der Waals surface area contributed by atoms with E-state index in [9.17, 15) is 9.59 Å². The lowest BCUT2D eigenvalue weighted by molar-refractivity contribution is -0.122. The molecule has 3 aromatic carbocycles. The van der Waals surface area contributed by atoms with Crippen LogP contribution in [0.2, 0.25) is 0 Å². The van der Waals surface area contributed by atoms with Gasteiger partial charge in [0.1, 0.15) is 6.04 Å². The third-order valence-electron chi connectivity index (χ3n) is 4.25. The average Bonchev–Trinajstić information content (AvgIpc) is 2.62. The van der Waals surface area contributed by atoms with Crippen molar-refractivity contribution in [3.05, 3.63) is 66.7 Å². The predicted molar refractivity (Wildman–Crippen MR) is 99.7 cm³/mol. The number of rotatable bonds is 3. The number of fused-ring (bicyclic) bond motifs is 2. The molecule has 3 N–H and O–H groups in total. The molecule has 3 aromatic rings. The van der Waals surface area contributed by atoms with Gasteiger partial charge in [-0.15, -0.1) is 0 Å². The number of amides is 2. The van der Waals surface area contributed by atoms with Crippen LogP contribution in [0.25, 0.3) is 10.8 Å². The zero-order chi connectivity index (χ0) is 17.2. The van der Waals surface area contributed by atoms with Gasteiger partial charge in [-0.2, -0.15) is 0 Å². The van der Waals surface area contributed by atoms with E-state index in [1.54, 1.807) is 0 Å². The number of benzene rings is 3. The van der Waals surface area contributed by atoms with Crippen LogP contribution < -0.4 is 16.0 Å². The minimum atomic E-state index is -0.588. The molecule has 124 valence electrons. The van der Waals surface area contributed by atoms with Crippen molar-refractivity contribution < 1.29 is 9.59 Å². The van der Waals surface area contributed by atoms with E-state index in [1.807, 2.05) is 66.7 Å². The Morgan fingerprint density at radius 1 is 0.920 bits per heavy atom. The highest BCUT2D eigenvalue weighted by atomic mass is 16.2. The second-order valence-electron chi connectivity index (χ2n) is 6.05. The smallest absolute Gasteiger partial charge is 0.247 e. The largest absolute Gasteiger partial charge is 0.372 e. The van der Waals surface area contributed by atoms with E-state index < -0.39 is 6.04 Å². The summed E-state index contributed by atoms with van der Waals surface area (Å²) in [6.07, 6.45) is 0.0625. The number of hydrogen-bond acceptors (Lipinski definition) is 3. The van der Waals surface area contributed by atoms with Crippen LogP contribution in [0.4, 0.5) is 17.1 Å². The number of para-hydroxylation sites is 2. The van der Waals surface area contributed by atoms with E-state index >= 15 is 0 Å². The molecule has 0 spiro atoms. The number of nitrogens with one attached hydrogen (secondary N) is 3. The van der Waals surface area contributed by atoms with Gasteiger partial charge in [0.2, 0.25) is 11.8 Å². The number of hydrogen-bond donors (Lipinski definition) is 3. The first-order valence-corrected chi connectivity index (χ1v) is 8.14. The molecule has 0 bridgehead atoms. The minimum Gasteiger partial charge on any atom is -0.372 e. The normalized spacial score (nSPS) is 15.8. The Morgan fingerprint density at radius 3 is 2.48 bits per heavy atom. The summed E-state index contributed by atoms with van der Waals surface area (Å²) in [5.74, 6) is -0.408. The van der Waals surface area contributed by atoms with E-state index in [4.69, 9.17) is 0 Å². The lowest BCUT2D eigenvalue weighted by atomic mass is 10.1. The quantitative estimate of drug-likeness (QED) is 0.687. The van der Waals surface area contributed by atoms with Crippen molar-refractivity contribution in [2.24, 2.45) is 0 Å². The fraction of sp³-hybridized carbons (Fsp3) is 0.100. The molecule has 0 aromatic heterocycles. The van der Waals surface area contributed by atoms with Crippen LogP contribution in [0.1, 0.15) is 6.42 Å². The topological polar surface area (TPSA) is 70.2 Å². The summed E-state index contributed by atoms with van der Waals surface area (Å²) in [4.78, 5) is 24.5. The zero-order valence-electron chi connectivity index (χ0n) is 13.5. The molecule has 0 aliphatic carbocycles. The Labute approximate surface area is 145 Å². The van der Waals surface area contributed by atoms with Gasteiger partial charge in [0.15, 0.2) is 0 Å². The maximum Gasteiger partial charge on any atom is 0.247 e. The molecule has 0 saturated heterocycles. The number of carbonyl (C=O) groups is 2. The molecule has 0 radical (unpaired) electrons. The van der Waals surface area contributed by atoms with Crippen LogP contribution >= 0.6 is 0 Å². The Kier molecular flexibility index (Phi) is 3.82. The second kappa shape index (κ2) is 6.28. The molecule has 4 rings (SSSR count). The standard InChI is InChI=1S/C20H17N3O2/c24-19(21-15-10-9-13-5-1-2-6-14(13)11-15)12-18-20(25)23-17-8-4-3-7-16(17)22-18/h1-11,18,22H,12H2,(H,21,24)(H,23,25). The van der Waals surface area contributed by atoms with Gasteiger partial charge in [-0.05, 0) is 35.0 Å². The third-order valence-corrected chi connectivity index (χ3v) is 4.25. The predicted octanol–water partition coefficient (Wildman–Crippen LogP) is 3.60. The van der Waals surface area contributed by atoms with Crippen LogP contribution in [-0.2, 0) is 9.59 Å². The van der Waals surface area contributed by atoms with Crippen LogP contribution in [0.5, 0.6) is 0 Å². The fourth-order valence-corrected chi connectivity index (χ4v) is 3.00. The number of anilines is 3. The summed E-state index contributed by atoms with van der Waals surface area (Å²) < 4.78 is 0. The highest BCUT2D eigenvalue weighted by Gasteiger charge is 2.27. The minimum absolute atomic E-state index is 0.0625. The summed E-state index contributed by atoms with van der Waals surface area (Å²) in [5.41, 5.74) is 2.28. The molecule has 1 atom stereocenters. The van der Waals surface area contributed by atoms with Crippen molar-refractivity contribution >= 4 is 39.6 Å². The molecular weight excluding hydrogens is 314 g/mol. The molecule has 25 heavy (non-hydrogen) atoms. The summed E-state index contributed by atoms with van der Waals surface area (Å²) in [6.45, 7) is 0. The van der Waals surface area contributed by atoms with E-state index in [0.717, 1.165) is 27.8 Å². The van der Waals surface area contributed by atoms with Crippen molar-refractivity contribution in [2.75, 3.05) is 16.0 Å². The van der Waals surface area contributed by atoms with Crippen molar-refractivity contribution in [1.29, 1.82) is 0 Å². The van der Waals surface area contributed by atoms with E-state index in [0.29, 0.717) is 0 Å². The Balaban J connectivity index is 1.45. The Bertz CT molecular complexity index is 968. The van der Waals surface area contributed by atoms with Gasteiger partial charge in [-0.3, -0.25) is 9.59 Å². The molecule has 1 aliphatic rings. The first-order valence-electron chi connectivity index (χ1n) is 8.14. The molecule has 0 saturated carbocycles. The second-order valence-corrected chi connectivity index (χ2v) is 6.05. The summed E-state index contributed by atoms with van der Waals surface area (Å²) in [5, 5.41) is 11.0. The van der Waals surface area contributed by atoms with Crippen molar-refractivity contribution in [2.45, 2.75) is 12.5 Å². The molecule has 0 fully saturated rings. The molecule has 1 heterocycles. The van der Waals surface area contributed by atoms with Crippen LogP contribution in [0, 0.1) is 0 Å². The monoisotopic (exact) mass is 331 g/mol. The molecular formula is C20H17N3O2. The van der Waals surface area contributed by atoms with Crippen molar-refractivity contribution in [3.8, 4) is 0 Å². The zero-order valence-corrected chi connectivity index (χ0v) is 13.5. The van der Waals surface area contributed by atoms with Gasteiger partial charge in [0.25, 0.3) is 0 Å². The van der Waals surface area contributed by atoms with Gasteiger partial charge in [0, 0.05) is 5.69 Å². The fourth-order valence-electron chi connectivity index (χ4n) is 3.00. The molecule has 5 heteroatoms. The SMILES string of the molecule is O=C(CC1Nc2ccccc2NC1=O)Nc1ccc2ccccc2c1. The lowest BCUT2D eigenvalue weighted by Gasteiger charge is -2.26. The average molecular weight is 331 g/mol. The van der Waals surface area contributed by atoms with E-state index in [1.165, 1.54) is 0 Å². The lowest BCUT2D eigenvalue weighted by Crippen LogP contribution is -2.41. The van der Waals surface area contributed by atoms with Gasteiger partial charge < -0.3 is 16.0 Å². The highest BCUT2D eigenvalue weighted by molar-refractivity contribution is 6.06. The molecule has 5 nitrogen and oxygen atoms in total. The Morgan fingerprint density at radius 2 is 1.64 bits per heavy atom.